The number of carbonyl (C=O) groups excluding carboxylic acids is 1. The first kappa shape index (κ1) is 13.3. The molecule has 18 heavy (non-hydrogen) atoms. The standard InChI is InChI=1S/C12H9Cl2NO2S/c1-7-4-5-18-11(7)12(16)17-6-9-8(13)2-3-10(14)15-9/h2-5H,6H2,1H3. The van der Waals surface area contributed by atoms with E-state index in [1.54, 1.807) is 12.1 Å². The second-order valence-corrected chi connectivity index (χ2v) is 5.28. The van der Waals surface area contributed by atoms with Crippen LogP contribution in [-0.2, 0) is 11.3 Å². The Balaban J connectivity index is 2.06. The number of halogens is 2. The molecule has 0 N–H and O–H groups in total. The number of carbonyl (C=O) groups is 1. The van der Waals surface area contributed by atoms with Crippen LogP contribution in [0.3, 0.4) is 0 Å². The number of rotatable bonds is 3. The molecule has 2 heterocycles. The average molecular weight is 302 g/mol. The van der Waals surface area contributed by atoms with Gasteiger partial charge in [0.25, 0.3) is 0 Å². The first-order valence-corrected chi connectivity index (χ1v) is 6.73. The maximum Gasteiger partial charge on any atom is 0.348 e. The van der Waals surface area contributed by atoms with Gasteiger partial charge in [0.1, 0.15) is 16.6 Å². The van der Waals surface area contributed by atoms with Crippen LogP contribution in [0.15, 0.2) is 23.6 Å². The van der Waals surface area contributed by atoms with Crippen molar-refractivity contribution in [3.8, 4) is 0 Å². The van der Waals surface area contributed by atoms with Gasteiger partial charge in [0.05, 0.1) is 10.7 Å². The molecule has 0 saturated heterocycles. The largest absolute Gasteiger partial charge is 0.455 e. The Labute approximate surface area is 118 Å². The summed E-state index contributed by atoms with van der Waals surface area (Å²) in [6.07, 6.45) is 0. The van der Waals surface area contributed by atoms with Crippen LogP contribution < -0.4 is 0 Å². The van der Waals surface area contributed by atoms with Crippen LogP contribution in [-0.4, -0.2) is 11.0 Å². The van der Waals surface area contributed by atoms with Crippen LogP contribution in [0.5, 0.6) is 0 Å². The van der Waals surface area contributed by atoms with Crippen LogP contribution in [0.1, 0.15) is 20.9 Å². The molecule has 2 aromatic rings. The van der Waals surface area contributed by atoms with Crippen molar-refractivity contribution in [2.45, 2.75) is 13.5 Å². The van der Waals surface area contributed by atoms with E-state index < -0.39 is 0 Å². The third-order valence-electron chi connectivity index (χ3n) is 2.27. The molecule has 0 aliphatic carbocycles. The number of hydrogen-bond acceptors (Lipinski definition) is 4. The van der Waals surface area contributed by atoms with E-state index in [4.69, 9.17) is 27.9 Å². The van der Waals surface area contributed by atoms with Gasteiger partial charge in [-0.3, -0.25) is 0 Å². The van der Waals surface area contributed by atoms with Crippen molar-refractivity contribution in [2.75, 3.05) is 0 Å². The maximum absolute atomic E-state index is 11.8. The lowest BCUT2D eigenvalue weighted by molar-refractivity contribution is 0.0473. The van der Waals surface area contributed by atoms with Crippen molar-refractivity contribution in [3.05, 3.63) is 49.9 Å². The Kier molecular flexibility index (Phi) is 4.22. The summed E-state index contributed by atoms with van der Waals surface area (Å²) in [5.41, 5.74) is 1.35. The fourth-order valence-electron chi connectivity index (χ4n) is 1.34. The zero-order valence-corrected chi connectivity index (χ0v) is 11.8. The van der Waals surface area contributed by atoms with Crippen LogP contribution in [0.25, 0.3) is 0 Å². The van der Waals surface area contributed by atoms with E-state index in [1.165, 1.54) is 11.3 Å². The summed E-state index contributed by atoms with van der Waals surface area (Å²) in [5, 5.41) is 2.59. The number of thiophene rings is 1. The number of ether oxygens (including phenoxy) is 1. The molecule has 0 atom stereocenters. The van der Waals surface area contributed by atoms with Gasteiger partial charge >= 0.3 is 5.97 Å². The van der Waals surface area contributed by atoms with Gasteiger partial charge in [-0.15, -0.1) is 11.3 Å². The topological polar surface area (TPSA) is 39.2 Å². The second-order valence-electron chi connectivity index (χ2n) is 3.57. The molecular formula is C12H9Cl2NO2S. The Morgan fingerprint density at radius 2 is 2.17 bits per heavy atom. The fourth-order valence-corrected chi connectivity index (χ4v) is 2.48. The molecule has 6 heteroatoms. The highest BCUT2D eigenvalue weighted by Gasteiger charge is 2.13. The van der Waals surface area contributed by atoms with Gasteiger partial charge in [-0.2, -0.15) is 0 Å². The van der Waals surface area contributed by atoms with E-state index in [0.717, 1.165) is 5.56 Å². The fraction of sp³-hybridized carbons (Fsp3) is 0.167. The minimum atomic E-state index is -0.375. The van der Waals surface area contributed by atoms with Crippen molar-refractivity contribution in [1.29, 1.82) is 0 Å². The Morgan fingerprint density at radius 1 is 1.39 bits per heavy atom. The number of pyridine rings is 1. The lowest BCUT2D eigenvalue weighted by atomic mass is 10.3. The Bertz CT molecular complexity index is 583. The van der Waals surface area contributed by atoms with Crippen molar-refractivity contribution < 1.29 is 9.53 Å². The molecule has 0 aromatic carbocycles. The summed E-state index contributed by atoms with van der Waals surface area (Å²) in [6.45, 7) is 1.87. The smallest absolute Gasteiger partial charge is 0.348 e. The van der Waals surface area contributed by atoms with Crippen LogP contribution in [0, 0.1) is 6.92 Å². The lowest BCUT2D eigenvalue weighted by Gasteiger charge is -2.05. The Morgan fingerprint density at radius 3 is 2.83 bits per heavy atom. The monoisotopic (exact) mass is 301 g/mol. The average Bonchev–Trinajstić information content (AvgIpc) is 2.76. The molecule has 3 nitrogen and oxygen atoms in total. The second kappa shape index (κ2) is 5.69. The summed E-state index contributed by atoms with van der Waals surface area (Å²) in [7, 11) is 0. The molecule has 0 spiro atoms. The molecule has 0 unspecified atom stereocenters. The van der Waals surface area contributed by atoms with Gasteiger partial charge in [-0.25, -0.2) is 9.78 Å². The lowest BCUT2D eigenvalue weighted by Crippen LogP contribution is -2.06. The summed E-state index contributed by atoms with van der Waals surface area (Å²) < 4.78 is 5.16. The van der Waals surface area contributed by atoms with E-state index in [0.29, 0.717) is 20.7 Å². The maximum atomic E-state index is 11.8. The van der Waals surface area contributed by atoms with E-state index in [-0.39, 0.29) is 12.6 Å². The van der Waals surface area contributed by atoms with Gasteiger partial charge in [-0.05, 0) is 36.1 Å². The predicted octanol–water partition coefficient (Wildman–Crippen LogP) is 4.12. The first-order chi connectivity index (χ1) is 8.58. The van der Waals surface area contributed by atoms with E-state index in [9.17, 15) is 4.79 Å². The minimum Gasteiger partial charge on any atom is -0.455 e. The van der Waals surface area contributed by atoms with Crippen LogP contribution >= 0.6 is 34.5 Å². The number of nitrogens with zero attached hydrogens (tertiary/aromatic N) is 1. The first-order valence-electron chi connectivity index (χ1n) is 5.10. The normalized spacial score (nSPS) is 10.4. The number of aromatic nitrogens is 1. The minimum absolute atomic E-state index is 0.00949. The zero-order valence-electron chi connectivity index (χ0n) is 9.44. The molecule has 0 radical (unpaired) electrons. The molecular weight excluding hydrogens is 293 g/mol. The number of esters is 1. The zero-order chi connectivity index (χ0) is 13.1. The summed E-state index contributed by atoms with van der Waals surface area (Å²) in [5.74, 6) is -0.375. The summed E-state index contributed by atoms with van der Waals surface area (Å²) in [4.78, 5) is 16.4. The molecule has 0 aliphatic heterocycles. The van der Waals surface area contributed by atoms with Gasteiger partial charge < -0.3 is 4.74 Å². The molecule has 0 fully saturated rings. The predicted molar refractivity (Wildman–Crippen MR) is 72.4 cm³/mol. The van der Waals surface area contributed by atoms with E-state index in [2.05, 4.69) is 4.98 Å². The highest BCUT2D eigenvalue weighted by atomic mass is 35.5. The third kappa shape index (κ3) is 3.02. The van der Waals surface area contributed by atoms with Gasteiger partial charge in [0.2, 0.25) is 0 Å². The molecule has 0 amide bonds. The van der Waals surface area contributed by atoms with Crippen molar-refractivity contribution in [3.63, 3.8) is 0 Å². The van der Waals surface area contributed by atoms with E-state index >= 15 is 0 Å². The van der Waals surface area contributed by atoms with Crippen LogP contribution in [0.2, 0.25) is 10.2 Å². The SMILES string of the molecule is Cc1ccsc1C(=O)OCc1nc(Cl)ccc1Cl. The molecule has 2 rings (SSSR count). The molecule has 0 bridgehead atoms. The van der Waals surface area contributed by atoms with Gasteiger partial charge in [0.15, 0.2) is 0 Å². The highest BCUT2D eigenvalue weighted by Crippen LogP contribution is 2.20. The van der Waals surface area contributed by atoms with Crippen molar-refractivity contribution in [2.24, 2.45) is 0 Å². The summed E-state index contributed by atoms with van der Waals surface area (Å²) in [6, 6.07) is 5.07. The number of hydrogen-bond donors (Lipinski definition) is 0. The molecule has 0 aliphatic rings. The quantitative estimate of drug-likeness (QED) is 0.632. The van der Waals surface area contributed by atoms with Crippen LogP contribution in [0.4, 0.5) is 0 Å². The Hall–Kier alpha value is -1.10. The molecule has 94 valence electrons. The highest BCUT2D eigenvalue weighted by molar-refractivity contribution is 7.12. The molecule has 0 saturated carbocycles. The van der Waals surface area contributed by atoms with Crippen molar-refractivity contribution >= 4 is 40.5 Å². The van der Waals surface area contributed by atoms with Crippen molar-refractivity contribution in [1.82, 2.24) is 4.98 Å². The van der Waals surface area contributed by atoms with Gasteiger partial charge in [-0.1, -0.05) is 23.2 Å². The van der Waals surface area contributed by atoms with Gasteiger partial charge in [0, 0.05) is 0 Å². The van der Waals surface area contributed by atoms with E-state index in [1.807, 2.05) is 18.4 Å². The summed E-state index contributed by atoms with van der Waals surface area (Å²) >= 11 is 13.0. The third-order valence-corrected chi connectivity index (χ3v) is 3.82. The molecule has 2 aromatic heterocycles. The number of aryl methyl sites for hydroxylation is 1.